The second-order valence-electron chi connectivity index (χ2n) is 5.48. The van der Waals surface area contributed by atoms with Gasteiger partial charge in [-0.15, -0.1) is 0 Å². The van der Waals surface area contributed by atoms with Gasteiger partial charge in [-0.3, -0.25) is 4.90 Å². The number of morpholine rings is 1. The summed E-state index contributed by atoms with van der Waals surface area (Å²) in [4.78, 5) is 15.9. The van der Waals surface area contributed by atoms with Crippen molar-refractivity contribution in [3.63, 3.8) is 0 Å². The fourth-order valence-electron chi connectivity index (χ4n) is 2.72. The largest absolute Gasteiger partial charge is 0.442 e. The topological polar surface area (TPSA) is 80.1 Å². The van der Waals surface area contributed by atoms with Crippen molar-refractivity contribution in [2.75, 3.05) is 49.2 Å². The van der Waals surface area contributed by atoms with Crippen LogP contribution in [0.5, 0.6) is 0 Å². The third-order valence-electron chi connectivity index (χ3n) is 3.92. The number of benzene rings is 1. The number of hydrogen-bond donors (Lipinski definition) is 2. The number of ether oxygens (including phenoxy) is 2. The molecule has 124 valence electrons. The van der Waals surface area contributed by atoms with Crippen LogP contribution in [0.3, 0.4) is 0 Å². The summed E-state index contributed by atoms with van der Waals surface area (Å²) < 4.78 is 10.7. The van der Waals surface area contributed by atoms with E-state index in [1.165, 1.54) is 0 Å². The van der Waals surface area contributed by atoms with Crippen molar-refractivity contribution in [1.82, 2.24) is 5.32 Å². The maximum atomic E-state index is 12.0. The minimum Gasteiger partial charge on any atom is -0.442 e. The molecule has 1 aromatic carbocycles. The molecule has 2 aliphatic heterocycles. The summed E-state index contributed by atoms with van der Waals surface area (Å²) >= 11 is 4.76. The number of anilines is 2. The molecule has 1 amide bonds. The SMILES string of the molecule is NC(=S)NC[C@H]1CN(c2ccc(N3CCOCC3)cc2)C(=O)O1. The molecule has 2 heterocycles. The summed E-state index contributed by atoms with van der Waals surface area (Å²) in [7, 11) is 0. The summed E-state index contributed by atoms with van der Waals surface area (Å²) in [5, 5.41) is 3.02. The number of nitrogens with two attached hydrogens (primary N) is 1. The van der Waals surface area contributed by atoms with E-state index in [0.29, 0.717) is 13.1 Å². The van der Waals surface area contributed by atoms with Crippen LogP contribution in [0.25, 0.3) is 0 Å². The molecule has 0 bridgehead atoms. The van der Waals surface area contributed by atoms with Gasteiger partial charge in [-0.2, -0.15) is 0 Å². The minimum atomic E-state index is -0.348. The number of hydrogen-bond acceptors (Lipinski definition) is 5. The van der Waals surface area contributed by atoms with Crippen LogP contribution in [-0.2, 0) is 9.47 Å². The molecule has 7 nitrogen and oxygen atoms in total. The molecular weight excluding hydrogens is 316 g/mol. The molecule has 2 aliphatic rings. The molecule has 0 unspecified atom stereocenters. The number of thiocarbonyl (C=S) groups is 1. The van der Waals surface area contributed by atoms with E-state index in [0.717, 1.165) is 37.7 Å². The van der Waals surface area contributed by atoms with Gasteiger partial charge >= 0.3 is 6.09 Å². The van der Waals surface area contributed by atoms with Crippen molar-refractivity contribution < 1.29 is 14.3 Å². The summed E-state index contributed by atoms with van der Waals surface area (Å²) in [6.45, 7) is 4.17. The van der Waals surface area contributed by atoms with E-state index < -0.39 is 0 Å². The Bertz CT molecular complexity index is 575. The molecule has 0 radical (unpaired) electrons. The van der Waals surface area contributed by atoms with E-state index in [1.54, 1.807) is 4.90 Å². The van der Waals surface area contributed by atoms with Gasteiger partial charge in [0.25, 0.3) is 0 Å². The predicted octanol–water partition coefficient (Wildman–Crippen LogP) is 0.682. The molecule has 8 heteroatoms. The molecule has 0 spiro atoms. The number of nitrogens with zero attached hydrogens (tertiary/aromatic N) is 2. The lowest BCUT2D eigenvalue weighted by Crippen LogP contribution is -2.37. The first-order valence-corrected chi connectivity index (χ1v) is 7.98. The van der Waals surface area contributed by atoms with Gasteiger partial charge in [0.05, 0.1) is 26.3 Å². The van der Waals surface area contributed by atoms with Crippen LogP contribution >= 0.6 is 12.2 Å². The summed E-state index contributed by atoms with van der Waals surface area (Å²) in [5.41, 5.74) is 7.35. The maximum Gasteiger partial charge on any atom is 0.414 e. The van der Waals surface area contributed by atoms with Crippen molar-refractivity contribution >= 4 is 34.8 Å². The van der Waals surface area contributed by atoms with Crippen molar-refractivity contribution in [2.45, 2.75) is 6.10 Å². The van der Waals surface area contributed by atoms with E-state index in [4.69, 9.17) is 27.4 Å². The Morgan fingerprint density at radius 2 is 1.91 bits per heavy atom. The van der Waals surface area contributed by atoms with Crippen LogP contribution in [0.1, 0.15) is 0 Å². The Hall–Kier alpha value is -2.06. The molecule has 0 aromatic heterocycles. The normalized spacial score (nSPS) is 21.2. The number of carbonyl (C=O) groups excluding carboxylic acids is 1. The number of amides is 1. The number of nitrogens with one attached hydrogen (secondary N) is 1. The fourth-order valence-corrected chi connectivity index (χ4v) is 2.80. The summed E-state index contributed by atoms with van der Waals surface area (Å²) in [5.74, 6) is 0. The first-order chi connectivity index (χ1) is 11.1. The van der Waals surface area contributed by atoms with Gasteiger partial charge < -0.3 is 25.4 Å². The fraction of sp³-hybridized carbons (Fsp3) is 0.467. The van der Waals surface area contributed by atoms with Gasteiger partial charge in [0.1, 0.15) is 6.10 Å². The van der Waals surface area contributed by atoms with E-state index in [-0.39, 0.29) is 17.3 Å². The van der Waals surface area contributed by atoms with E-state index in [2.05, 4.69) is 10.2 Å². The van der Waals surface area contributed by atoms with Crippen LogP contribution in [0.2, 0.25) is 0 Å². The number of rotatable bonds is 4. The molecule has 0 saturated carbocycles. The van der Waals surface area contributed by atoms with Gasteiger partial charge in [-0.25, -0.2) is 4.79 Å². The van der Waals surface area contributed by atoms with Crippen molar-refractivity contribution in [1.29, 1.82) is 0 Å². The van der Waals surface area contributed by atoms with Crippen LogP contribution in [-0.4, -0.2) is 56.7 Å². The van der Waals surface area contributed by atoms with E-state index in [9.17, 15) is 4.79 Å². The lowest BCUT2D eigenvalue weighted by Gasteiger charge is -2.29. The Morgan fingerprint density at radius 1 is 1.26 bits per heavy atom. The van der Waals surface area contributed by atoms with Gasteiger partial charge in [0.2, 0.25) is 0 Å². The Labute approximate surface area is 140 Å². The van der Waals surface area contributed by atoms with Crippen molar-refractivity contribution in [3.05, 3.63) is 24.3 Å². The zero-order valence-corrected chi connectivity index (χ0v) is 13.6. The second-order valence-corrected chi connectivity index (χ2v) is 5.92. The van der Waals surface area contributed by atoms with Crippen molar-refractivity contribution in [3.8, 4) is 0 Å². The molecule has 2 fully saturated rings. The van der Waals surface area contributed by atoms with Crippen LogP contribution in [0.15, 0.2) is 24.3 Å². The Kier molecular flexibility index (Phi) is 4.82. The predicted molar refractivity (Wildman–Crippen MR) is 91.9 cm³/mol. The smallest absolute Gasteiger partial charge is 0.414 e. The first-order valence-electron chi connectivity index (χ1n) is 7.58. The number of carbonyl (C=O) groups is 1. The molecule has 1 aromatic rings. The van der Waals surface area contributed by atoms with Gasteiger partial charge in [-0.05, 0) is 36.5 Å². The Morgan fingerprint density at radius 3 is 2.57 bits per heavy atom. The molecule has 23 heavy (non-hydrogen) atoms. The minimum absolute atomic E-state index is 0.203. The molecule has 3 rings (SSSR count). The highest BCUT2D eigenvalue weighted by Crippen LogP contribution is 2.25. The van der Waals surface area contributed by atoms with Crippen molar-refractivity contribution in [2.24, 2.45) is 5.73 Å². The molecular formula is C15H20N4O3S. The highest BCUT2D eigenvalue weighted by atomic mass is 32.1. The lowest BCUT2D eigenvalue weighted by molar-refractivity contribution is 0.122. The zero-order chi connectivity index (χ0) is 16.2. The average Bonchev–Trinajstić information content (AvgIpc) is 2.95. The van der Waals surface area contributed by atoms with E-state index in [1.807, 2.05) is 24.3 Å². The summed E-state index contributed by atoms with van der Waals surface area (Å²) in [6, 6.07) is 7.92. The van der Waals surface area contributed by atoms with E-state index >= 15 is 0 Å². The molecule has 0 aliphatic carbocycles. The quantitative estimate of drug-likeness (QED) is 0.783. The van der Waals surface area contributed by atoms with Crippen LogP contribution in [0, 0.1) is 0 Å². The first kappa shape index (κ1) is 15.8. The van der Waals surface area contributed by atoms with Gasteiger partial charge in [-0.1, -0.05) is 0 Å². The highest BCUT2D eigenvalue weighted by molar-refractivity contribution is 7.80. The monoisotopic (exact) mass is 336 g/mol. The van der Waals surface area contributed by atoms with Crippen LogP contribution < -0.4 is 20.9 Å². The third kappa shape index (κ3) is 3.83. The second kappa shape index (κ2) is 7.01. The van der Waals surface area contributed by atoms with Gasteiger partial charge in [0, 0.05) is 24.5 Å². The van der Waals surface area contributed by atoms with Gasteiger partial charge in [0.15, 0.2) is 5.11 Å². The molecule has 3 N–H and O–H groups in total. The maximum absolute atomic E-state index is 12.0. The Balaban J connectivity index is 1.62. The lowest BCUT2D eigenvalue weighted by atomic mass is 10.2. The van der Waals surface area contributed by atoms with Crippen LogP contribution in [0.4, 0.5) is 16.2 Å². The zero-order valence-electron chi connectivity index (χ0n) is 12.7. The average molecular weight is 336 g/mol. The molecule has 2 saturated heterocycles. The molecule has 1 atom stereocenters. The standard InChI is InChI=1S/C15H20N4O3S/c16-14(23)17-9-13-10-19(15(20)22-13)12-3-1-11(2-4-12)18-5-7-21-8-6-18/h1-4,13H,5-10H2,(H3,16,17,23)/t13-/m0/s1. The summed E-state index contributed by atoms with van der Waals surface area (Å²) in [6.07, 6.45) is -0.609. The number of cyclic esters (lactones) is 1. The highest BCUT2D eigenvalue weighted by Gasteiger charge is 2.32. The third-order valence-corrected chi connectivity index (χ3v) is 4.06.